The summed E-state index contributed by atoms with van der Waals surface area (Å²) in [5, 5.41) is 4.28. The summed E-state index contributed by atoms with van der Waals surface area (Å²) in [5.74, 6) is 0.480. The minimum atomic E-state index is -0.264. The van der Waals surface area contributed by atoms with E-state index < -0.39 is 0 Å². The van der Waals surface area contributed by atoms with Gasteiger partial charge in [0.1, 0.15) is 12.4 Å². The Morgan fingerprint density at radius 3 is 2.30 bits per heavy atom. The van der Waals surface area contributed by atoms with Gasteiger partial charge in [0.25, 0.3) is 11.1 Å². The molecule has 1 saturated heterocycles. The van der Waals surface area contributed by atoms with Gasteiger partial charge in [-0.15, -0.1) is 0 Å². The van der Waals surface area contributed by atoms with Gasteiger partial charge in [0.05, 0.1) is 11.4 Å². The lowest BCUT2D eigenvalue weighted by Crippen LogP contribution is -2.27. The van der Waals surface area contributed by atoms with E-state index in [0.717, 1.165) is 45.0 Å². The average molecular weight is 502 g/mol. The van der Waals surface area contributed by atoms with Crippen molar-refractivity contribution in [1.29, 1.82) is 0 Å². The van der Waals surface area contributed by atoms with E-state index in [2.05, 4.69) is 30.3 Å². The third-order valence-electron chi connectivity index (χ3n) is 6.48. The molecule has 0 spiro atoms. The van der Waals surface area contributed by atoms with E-state index in [9.17, 15) is 9.59 Å². The van der Waals surface area contributed by atoms with Crippen LogP contribution in [0.5, 0.6) is 5.75 Å². The molecule has 0 atom stereocenters. The third-order valence-corrected chi connectivity index (χ3v) is 7.39. The van der Waals surface area contributed by atoms with Gasteiger partial charge in [-0.05, 0) is 74.3 Å². The Bertz CT molecular complexity index is 1670. The van der Waals surface area contributed by atoms with E-state index in [4.69, 9.17) is 4.74 Å². The smallest absolute Gasteiger partial charge is 0.293 e. The Labute approximate surface area is 219 Å². The van der Waals surface area contributed by atoms with Crippen LogP contribution in [-0.4, -0.2) is 16.0 Å². The Kier molecular flexibility index (Phi) is 6.21. The monoisotopic (exact) mass is 501 g/mol. The van der Waals surface area contributed by atoms with Crippen LogP contribution < -0.4 is 4.74 Å². The molecule has 37 heavy (non-hydrogen) atoms. The van der Waals surface area contributed by atoms with Gasteiger partial charge in [-0.3, -0.25) is 14.5 Å². The molecule has 4 nitrogen and oxygen atoms in total. The van der Waals surface area contributed by atoms with Gasteiger partial charge in [0.15, 0.2) is 0 Å². The van der Waals surface area contributed by atoms with Crippen LogP contribution >= 0.6 is 11.8 Å². The quantitative estimate of drug-likeness (QED) is 0.223. The molecule has 0 saturated carbocycles. The van der Waals surface area contributed by atoms with Gasteiger partial charge >= 0.3 is 0 Å². The summed E-state index contributed by atoms with van der Waals surface area (Å²) in [7, 11) is 0. The highest BCUT2D eigenvalue weighted by Crippen LogP contribution is 2.34. The third kappa shape index (κ3) is 4.86. The van der Waals surface area contributed by atoms with E-state index in [1.807, 2.05) is 78.9 Å². The van der Waals surface area contributed by atoms with E-state index in [1.165, 1.54) is 15.7 Å². The first-order valence-corrected chi connectivity index (χ1v) is 12.9. The summed E-state index contributed by atoms with van der Waals surface area (Å²) >= 11 is 0.981. The summed E-state index contributed by atoms with van der Waals surface area (Å²) in [6.07, 6.45) is 1.76. The van der Waals surface area contributed by atoms with Crippen molar-refractivity contribution in [3.8, 4) is 5.75 Å². The van der Waals surface area contributed by atoms with Gasteiger partial charge < -0.3 is 4.74 Å². The molecule has 1 aliphatic heterocycles. The van der Waals surface area contributed by atoms with Crippen molar-refractivity contribution >= 4 is 50.5 Å². The predicted molar refractivity (Wildman–Crippen MR) is 150 cm³/mol. The number of imide groups is 1. The van der Waals surface area contributed by atoms with Crippen LogP contribution in [0.25, 0.3) is 27.6 Å². The van der Waals surface area contributed by atoms with Crippen LogP contribution in [0.15, 0.2) is 114 Å². The largest absolute Gasteiger partial charge is 0.489 e. The maximum Gasteiger partial charge on any atom is 0.293 e. The van der Waals surface area contributed by atoms with Crippen LogP contribution in [0, 0.1) is 0 Å². The SMILES string of the molecule is O=C1S/C(=C\c2ccc(OCc3ccc4ccccc4c3)cc2)C(=O)N1Cc1cccc2ccccc12. The summed E-state index contributed by atoms with van der Waals surface area (Å²) in [5.41, 5.74) is 2.89. The molecule has 5 aromatic rings. The molecule has 0 aliphatic carbocycles. The lowest BCUT2D eigenvalue weighted by atomic mass is 10.0. The Hall–Kier alpha value is -4.35. The van der Waals surface area contributed by atoms with Gasteiger partial charge in [-0.1, -0.05) is 91.0 Å². The van der Waals surface area contributed by atoms with Crippen LogP contribution in [0.3, 0.4) is 0 Å². The molecule has 0 N–H and O–H groups in total. The Morgan fingerprint density at radius 2 is 1.46 bits per heavy atom. The van der Waals surface area contributed by atoms with Gasteiger partial charge in [0.2, 0.25) is 0 Å². The van der Waals surface area contributed by atoms with Gasteiger partial charge in [-0.2, -0.15) is 0 Å². The fourth-order valence-electron chi connectivity index (χ4n) is 4.54. The maximum absolute atomic E-state index is 13.1. The van der Waals surface area contributed by atoms with Crippen LogP contribution in [-0.2, 0) is 17.9 Å². The lowest BCUT2D eigenvalue weighted by molar-refractivity contribution is -0.123. The molecule has 6 rings (SSSR count). The van der Waals surface area contributed by atoms with Crippen molar-refractivity contribution in [3.63, 3.8) is 0 Å². The zero-order chi connectivity index (χ0) is 25.2. The summed E-state index contributed by atoms with van der Waals surface area (Å²) in [6, 6.07) is 36.1. The van der Waals surface area contributed by atoms with Crippen molar-refractivity contribution in [3.05, 3.63) is 131 Å². The Morgan fingerprint density at radius 1 is 0.730 bits per heavy atom. The van der Waals surface area contributed by atoms with Gasteiger partial charge in [0, 0.05) is 0 Å². The van der Waals surface area contributed by atoms with Crippen LogP contribution in [0.2, 0.25) is 0 Å². The number of nitrogens with zero attached hydrogens (tertiary/aromatic N) is 1. The maximum atomic E-state index is 13.1. The molecule has 0 bridgehead atoms. The first kappa shape index (κ1) is 23.1. The molecule has 1 aliphatic rings. The minimum absolute atomic E-state index is 0.250. The molecular weight excluding hydrogens is 478 g/mol. The number of hydrogen-bond acceptors (Lipinski definition) is 4. The number of benzene rings is 5. The molecule has 0 radical (unpaired) electrons. The first-order chi connectivity index (χ1) is 18.1. The molecule has 0 aromatic heterocycles. The van der Waals surface area contributed by atoms with Crippen molar-refractivity contribution in [2.75, 3.05) is 0 Å². The summed E-state index contributed by atoms with van der Waals surface area (Å²) < 4.78 is 5.97. The van der Waals surface area contributed by atoms with Crippen molar-refractivity contribution in [2.24, 2.45) is 0 Å². The lowest BCUT2D eigenvalue weighted by Gasteiger charge is -2.14. The zero-order valence-corrected chi connectivity index (χ0v) is 20.8. The molecule has 5 heteroatoms. The average Bonchev–Trinajstić information content (AvgIpc) is 3.20. The van der Waals surface area contributed by atoms with E-state index in [-0.39, 0.29) is 17.7 Å². The number of thioether (sulfide) groups is 1. The Balaban J connectivity index is 1.13. The fraction of sp³-hybridized carbons (Fsp3) is 0.0625. The highest BCUT2D eigenvalue weighted by Gasteiger charge is 2.35. The topological polar surface area (TPSA) is 46.6 Å². The van der Waals surface area contributed by atoms with Crippen molar-refractivity contribution in [2.45, 2.75) is 13.2 Å². The normalized spacial score (nSPS) is 14.7. The molecule has 180 valence electrons. The van der Waals surface area contributed by atoms with E-state index >= 15 is 0 Å². The molecule has 1 fully saturated rings. The second-order valence-electron chi connectivity index (χ2n) is 8.95. The fourth-order valence-corrected chi connectivity index (χ4v) is 5.38. The summed E-state index contributed by atoms with van der Waals surface area (Å²) in [6.45, 7) is 0.724. The van der Waals surface area contributed by atoms with E-state index in [0.29, 0.717) is 11.5 Å². The highest BCUT2D eigenvalue weighted by atomic mass is 32.2. The van der Waals surface area contributed by atoms with Crippen molar-refractivity contribution in [1.82, 2.24) is 4.90 Å². The number of amides is 2. The zero-order valence-electron chi connectivity index (χ0n) is 20.0. The predicted octanol–water partition coefficient (Wildman–Crippen LogP) is 7.81. The first-order valence-electron chi connectivity index (χ1n) is 12.1. The highest BCUT2D eigenvalue weighted by molar-refractivity contribution is 8.18. The summed E-state index contributed by atoms with van der Waals surface area (Å²) in [4.78, 5) is 27.5. The molecular formula is C32H23NO3S. The second kappa shape index (κ2) is 9.96. The number of ether oxygens (including phenoxy) is 1. The van der Waals surface area contributed by atoms with Crippen molar-refractivity contribution < 1.29 is 14.3 Å². The molecule has 5 aromatic carbocycles. The molecule has 2 amide bonds. The number of fused-ring (bicyclic) bond motifs is 2. The number of hydrogen-bond donors (Lipinski definition) is 0. The standard InChI is InChI=1S/C32H23NO3S/c34-31-30(37-32(35)33(31)20-27-10-5-9-25-7-3-4-11-29(25)27)19-22-13-16-28(17-14-22)36-21-23-12-15-24-6-1-2-8-26(24)18-23/h1-19H,20-21H2/b30-19-. The number of rotatable bonds is 6. The molecule has 0 unspecified atom stereocenters. The molecule has 1 heterocycles. The minimum Gasteiger partial charge on any atom is -0.489 e. The second-order valence-corrected chi connectivity index (χ2v) is 9.94. The number of carbonyl (C=O) groups excluding carboxylic acids is 2. The number of carbonyl (C=O) groups is 2. The van der Waals surface area contributed by atoms with Gasteiger partial charge in [-0.25, -0.2) is 0 Å². The van der Waals surface area contributed by atoms with Crippen LogP contribution in [0.1, 0.15) is 16.7 Å². The van der Waals surface area contributed by atoms with Crippen LogP contribution in [0.4, 0.5) is 4.79 Å². The van der Waals surface area contributed by atoms with E-state index in [1.54, 1.807) is 6.08 Å².